The van der Waals surface area contributed by atoms with Crippen molar-refractivity contribution in [1.29, 1.82) is 0 Å². The van der Waals surface area contributed by atoms with E-state index in [1.807, 2.05) is 60.2 Å². The standard InChI is InChI=1S/C16H14BrN3/c1-12-11-20(15-9-5-6-13(17)10-15)16(18-12)19-14-7-3-2-4-8-14/h2-11H,1H3,(H,18,19). The molecule has 4 heteroatoms. The number of para-hydroxylation sites is 1. The van der Waals surface area contributed by atoms with Crippen molar-refractivity contribution < 1.29 is 0 Å². The number of nitrogens with zero attached hydrogens (tertiary/aromatic N) is 2. The van der Waals surface area contributed by atoms with Gasteiger partial charge in [-0.05, 0) is 37.3 Å². The highest BCUT2D eigenvalue weighted by Crippen LogP contribution is 2.22. The number of nitrogens with one attached hydrogen (secondary N) is 1. The molecule has 100 valence electrons. The fraction of sp³-hybridized carbons (Fsp3) is 0.0625. The second-order valence-electron chi connectivity index (χ2n) is 4.55. The minimum atomic E-state index is 0.812. The van der Waals surface area contributed by atoms with Crippen molar-refractivity contribution in [3.05, 3.63) is 71.0 Å². The maximum absolute atomic E-state index is 4.55. The summed E-state index contributed by atoms with van der Waals surface area (Å²) in [5, 5.41) is 3.35. The van der Waals surface area contributed by atoms with Gasteiger partial charge in [0, 0.05) is 22.0 Å². The Morgan fingerprint density at radius 3 is 2.60 bits per heavy atom. The third-order valence-corrected chi connectivity index (χ3v) is 3.44. The topological polar surface area (TPSA) is 29.9 Å². The lowest BCUT2D eigenvalue weighted by atomic mass is 10.3. The van der Waals surface area contributed by atoms with Gasteiger partial charge in [-0.2, -0.15) is 0 Å². The molecule has 0 amide bonds. The number of benzene rings is 2. The van der Waals surface area contributed by atoms with Gasteiger partial charge in [-0.25, -0.2) is 4.98 Å². The Kier molecular flexibility index (Phi) is 3.56. The Hall–Kier alpha value is -2.07. The van der Waals surface area contributed by atoms with E-state index in [2.05, 4.69) is 38.4 Å². The second kappa shape index (κ2) is 5.51. The summed E-state index contributed by atoms with van der Waals surface area (Å²) in [7, 11) is 0. The zero-order chi connectivity index (χ0) is 13.9. The number of halogens is 1. The van der Waals surface area contributed by atoms with Crippen LogP contribution < -0.4 is 5.32 Å². The smallest absolute Gasteiger partial charge is 0.212 e. The Morgan fingerprint density at radius 2 is 1.85 bits per heavy atom. The average Bonchev–Trinajstić information content (AvgIpc) is 2.81. The predicted octanol–water partition coefficient (Wildman–Crippen LogP) is 4.69. The molecule has 2 aromatic carbocycles. The van der Waals surface area contributed by atoms with Gasteiger partial charge < -0.3 is 5.32 Å². The lowest BCUT2D eigenvalue weighted by Gasteiger charge is -2.10. The van der Waals surface area contributed by atoms with Gasteiger partial charge in [0.2, 0.25) is 5.95 Å². The van der Waals surface area contributed by atoms with E-state index < -0.39 is 0 Å². The SMILES string of the molecule is Cc1cn(-c2cccc(Br)c2)c(Nc2ccccc2)n1. The molecule has 0 aliphatic heterocycles. The molecule has 0 radical (unpaired) electrons. The molecule has 0 saturated carbocycles. The van der Waals surface area contributed by atoms with E-state index in [0.29, 0.717) is 0 Å². The molecule has 3 nitrogen and oxygen atoms in total. The summed E-state index contributed by atoms with van der Waals surface area (Å²) >= 11 is 3.50. The van der Waals surface area contributed by atoms with Gasteiger partial charge in [0.25, 0.3) is 0 Å². The van der Waals surface area contributed by atoms with Crippen molar-refractivity contribution >= 4 is 27.6 Å². The van der Waals surface area contributed by atoms with Crippen LogP contribution in [0.1, 0.15) is 5.69 Å². The molecule has 0 bridgehead atoms. The molecule has 20 heavy (non-hydrogen) atoms. The number of hydrogen-bond donors (Lipinski definition) is 1. The molecular weight excluding hydrogens is 314 g/mol. The van der Waals surface area contributed by atoms with Gasteiger partial charge >= 0.3 is 0 Å². The average molecular weight is 328 g/mol. The Morgan fingerprint density at radius 1 is 1.05 bits per heavy atom. The maximum Gasteiger partial charge on any atom is 0.212 e. The number of aryl methyl sites for hydroxylation is 1. The molecule has 3 rings (SSSR count). The fourth-order valence-corrected chi connectivity index (χ4v) is 2.45. The van der Waals surface area contributed by atoms with Crippen LogP contribution >= 0.6 is 15.9 Å². The second-order valence-corrected chi connectivity index (χ2v) is 5.46. The quantitative estimate of drug-likeness (QED) is 0.756. The molecule has 0 spiro atoms. The summed E-state index contributed by atoms with van der Waals surface area (Å²) in [4.78, 5) is 4.55. The first-order valence-electron chi connectivity index (χ1n) is 6.36. The van der Waals surface area contributed by atoms with Crippen LogP contribution in [0.3, 0.4) is 0 Å². The highest BCUT2D eigenvalue weighted by Gasteiger charge is 2.08. The number of anilines is 2. The van der Waals surface area contributed by atoms with E-state index in [4.69, 9.17) is 0 Å². The highest BCUT2D eigenvalue weighted by atomic mass is 79.9. The minimum absolute atomic E-state index is 0.812. The molecule has 3 aromatic rings. The summed E-state index contributed by atoms with van der Waals surface area (Å²) in [6.07, 6.45) is 2.02. The van der Waals surface area contributed by atoms with Gasteiger partial charge in [0.05, 0.1) is 5.69 Å². The molecule has 0 saturated heterocycles. The molecule has 0 fully saturated rings. The van der Waals surface area contributed by atoms with Crippen molar-refractivity contribution in [2.24, 2.45) is 0 Å². The number of rotatable bonds is 3. The van der Waals surface area contributed by atoms with E-state index in [9.17, 15) is 0 Å². The Labute approximate surface area is 126 Å². The van der Waals surface area contributed by atoms with Crippen LogP contribution in [-0.2, 0) is 0 Å². The summed E-state index contributed by atoms with van der Waals surface area (Å²) in [6.45, 7) is 1.99. The molecular formula is C16H14BrN3. The van der Waals surface area contributed by atoms with E-state index in [-0.39, 0.29) is 0 Å². The third-order valence-electron chi connectivity index (χ3n) is 2.94. The van der Waals surface area contributed by atoms with Gasteiger partial charge in [-0.1, -0.05) is 40.2 Å². The molecule has 0 aliphatic rings. The maximum atomic E-state index is 4.55. The van der Waals surface area contributed by atoms with E-state index >= 15 is 0 Å². The minimum Gasteiger partial charge on any atom is -0.325 e. The first-order chi connectivity index (χ1) is 9.72. The number of hydrogen-bond acceptors (Lipinski definition) is 2. The summed E-state index contributed by atoms with van der Waals surface area (Å²) in [5.41, 5.74) is 3.07. The molecule has 1 heterocycles. The van der Waals surface area contributed by atoms with Crippen molar-refractivity contribution in [2.45, 2.75) is 6.92 Å². The van der Waals surface area contributed by atoms with Gasteiger partial charge in [-0.15, -0.1) is 0 Å². The zero-order valence-corrected chi connectivity index (χ0v) is 12.6. The van der Waals surface area contributed by atoms with Crippen molar-refractivity contribution in [3.8, 4) is 5.69 Å². The third kappa shape index (κ3) is 2.75. The largest absolute Gasteiger partial charge is 0.325 e. The molecule has 0 unspecified atom stereocenters. The molecule has 1 aromatic heterocycles. The Balaban J connectivity index is 2.00. The van der Waals surface area contributed by atoms with Gasteiger partial charge in [0.1, 0.15) is 0 Å². The zero-order valence-electron chi connectivity index (χ0n) is 11.0. The monoisotopic (exact) mass is 327 g/mol. The normalized spacial score (nSPS) is 10.5. The van der Waals surface area contributed by atoms with Crippen LogP contribution in [0, 0.1) is 6.92 Å². The Bertz CT molecular complexity index is 720. The summed E-state index contributed by atoms with van der Waals surface area (Å²) in [5.74, 6) is 0.812. The first-order valence-corrected chi connectivity index (χ1v) is 7.16. The predicted molar refractivity (Wildman–Crippen MR) is 85.7 cm³/mol. The summed E-state index contributed by atoms with van der Waals surface area (Å²) < 4.78 is 3.10. The van der Waals surface area contributed by atoms with Crippen molar-refractivity contribution in [2.75, 3.05) is 5.32 Å². The number of imidazole rings is 1. The molecule has 0 aliphatic carbocycles. The van der Waals surface area contributed by atoms with E-state index in [1.165, 1.54) is 0 Å². The molecule has 1 N–H and O–H groups in total. The van der Waals surface area contributed by atoms with Crippen LogP contribution in [0.15, 0.2) is 65.3 Å². The van der Waals surface area contributed by atoms with Crippen molar-refractivity contribution in [3.63, 3.8) is 0 Å². The number of aromatic nitrogens is 2. The first kappa shape index (κ1) is 12.9. The van der Waals surface area contributed by atoms with Crippen LogP contribution in [0.5, 0.6) is 0 Å². The van der Waals surface area contributed by atoms with Gasteiger partial charge in [0.15, 0.2) is 0 Å². The van der Waals surface area contributed by atoms with Crippen LogP contribution in [0.4, 0.5) is 11.6 Å². The van der Waals surface area contributed by atoms with E-state index in [1.54, 1.807) is 0 Å². The van der Waals surface area contributed by atoms with E-state index in [0.717, 1.165) is 27.5 Å². The van der Waals surface area contributed by atoms with Crippen LogP contribution in [-0.4, -0.2) is 9.55 Å². The van der Waals surface area contributed by atoms with Gasteiger partial charge in [-0.3, -0.25) is 4.57 Å². The fourth-order valence-electron chi connectivity index (χ4n) is 2.06. The van der Waals surface area contributed by atoms with Crippen LogP contribution in [0.2, 0.25) is 0 Å². The van der Waals surface area contributed by atoms with Crippen LogP contribution in [0.25, 0.3) is 5.69 Å². The van der Waals surface area contributed by atoms with Crippen molar-refractivity contribution in [1.82, 2.24) is 9.55 Å². The lowest BCUT2D eigenvalue weighted by Crippen LogP contribution is -2.00. The summed E-state index contributed by atoms with van der Waals surface area (Å²) in [6, 6.07) is 18.2. The lowest BCUT2D eigenvalue weighted by molar-refractivity contribution is 1.06. The molecule has 0 atom stereocenters. The highest BCUT2D eigenvalue weighted by molar-refractivity contribution is 9.10.